The molecule has 0 radical (unpaired) electrons. The first-order chi connectivity index (χ1) is 8.67. The number of alkyl halides is 3. The first-order valence-electron chi connectivity index (χ1n) is 6.02. The predicted molar refractivity (Wildman–Crippen MR) is 64.5 cm³/mol. The van der Waals surface area contributed by atoms with E-state index in [-0.39, 0.29) is 12.5 Å². The molecule has 0 aromatic carbocycles. The van der Waals surface area contributed by atoms with Crippen molar-refractivity contribution in [3.63, 3.8) is 0 Å². The van der Waals surface area contributed by atoms with E-state index in [0.29, 0.717) is 6.54 Å². The number of aryl methyl sites for hydroxylation is 2. The van der Waals surface area contributed by atoms with Crippen LogP contribution in [0.3, 0.4) is 0 Å². The minimum absolute atomic E-state index is 0.00943. The van der Waals surface area contributed by atoms with Crippen LogP contribution < -0.4 is 5.32 Å². The van der Waals surface area contributed by atoms with E-state index in [4.69, 9.17) is 0 Å². The predicted octanol–water partition coefficient (Wildman–Crippen LogP) is 2.20. The molecule has 108 valence electrons. The highest BCUT2D eigenvalue weighted by molar-refractivity contribution is 5.76. The molecule has 0 aliphatic carbocycles. The van der Waals surface area contributed by atoms with Crippen molar-refractivity contribution in [3.8, 4) is 0 Å². The minimum Gasteiger partial charge on any atom is -0.355 e. The van der Waals surface area contributed by atoms with Crippen LogP contribution in [0.4, 0.5) is 13.2 Å². The summed E-state index contributed by atoms with van der Waals surface area (Å²) in [6.07, 6.45) is -5.89. The molecule has 1 amide bonds. The molecule has 1 atom stereocenters. The molecule has 1 aromatic heterocycles. The molecular formula is C12H18F3N3O. The Hall–Kier alpha value is -1.53. The topological polar surface area (TPSA) is 46.9 Å². The second kappa shape index (κ2) is 6.08. The Morgan fingerprint density at radius 2 is 2.11 bits per heavy atom. The smallest absolute Gasteiger partial charge is 0.355 e. The third-order valence-electron chi connectivity index (χ3n) is 2.60. The lowest BCUT2D eigenvalue weighted by molar-refractivity contribution is -0.153. The fraction of sp³-hybridized carbons (Fsp3) is 0.667. The Kier molecular flexibility index (Phi) is 4.97. The zero-order chi connectivity index (χ0) is 14.6. The molecule has 0 bridgehead atoms. The molecule has 0 unspecified atom stereocenters. The van der Waals surface area contributed by atoms with Gasteiger partial charge in [-0.3, -0.25) is 9.48 Å². The van der Waals surface area contributed by atoms with E-state index < -0.39 is 18.5 Å². The second-order valence-electron chi connectivity index (χ2n) is 4.81. The highest BCUT2D eigenvalue weighted by atomic mass is 19.4. The molecule has 0 spiro atoms. The van der Waals surface area contributed by atoms with Gasteiger partial charge in [-0.25, -0.2) is 0 Å². The first-order valence-corrected chi connectivity index (χ1v) is 6.02. The van der Waals surface area contributed by atoms with Crippen molar-refractivity contribution in [2.75, 3.05) is 6.54 Å². The fourth-order valence-corrected chi connectivity index (χ4v) is 1.75. The number of hydrogen-bond acceptors (Lipinski definition) is 2. The maximum absolute atomic E-state index is 12.0. The van der Waals surface area contributed by atoms with Gasteiger partial charge in [-0.15, -0.1) is 0 Å². The van der Waals surface area contributed by atoms with Gasteiger partial charge < -0.3 is 5.32 Å². The number of rotatable bonds is 5. The summed E-state index contributed by atoms with van der Waals surface area (Å²) in [5, 5.41) is 6.55. The number of aromatic nitrogens is 2. The summed E-state index contributed by atoms with van der Waals surface area (Å²) in [5.41, 5.74) is 1.89. The summed E-state index contributed by atoms with van der Waals surface area (Å²) in [4.78, 5) is 11.0. The molecule has 1 rings (SSSR count). The van der Waals surface area contributed by atoms with Crippen molar-refractivity contribution in [2.45, 2.75) is 39.9 Å². The Morgan fingerprint density at radius 3 is 2.58 bits per heavy atom. The molecule has 1 aromatic rings. The lowest BCUT2D eigenvalue weighted by Crippen LogP contribution is -2.33. The summed E-state index contributed by atoms with van der Waals surface area (Å²) < 4.78 is 37.7. The van der Waals surface area contributed by atoms with E-state index in [0.717, 1.165) is 11.4 Å². The van der Waals surface area contributed by atoms with Crippen LogP contribution >= 0.6 is 0 Å². The van der Waals surface area contributed by atoms with E-state index >= 15 is 0 Å². The highest BCUT2D eigenvalue weighted by Gasteiger charge is 2.31. The van der Waals surface area contributed by atoms with E-state index in [1.165, 1.54) is 0 Å². The molecule has 0 saturated heterocycles. The van der Waals surface area contributed by atoms with Gasteiger partial charge in [-0.05, 0) is 25.8 Å². The number of nitrogens with one attached hydrogen (secondary N) is 1. The van der Waals surface area contributed by atoms with Gasteiger partial charge in [-0.2, -0.15) is 18.3 Å². The van der Waals surface area contributed by atoms with Gasteiger partial charge in [0.1, 0.15) is 6.42 Å². The van der Waals surface area contributed by atoms with Crippen molar-refractivity contribution < 1.29 is 18.0 Å². The molecule has 7 heteroatoms. The maximum Gasteiger partial charge on any atom is 0.397 e. The van der Waals surface area contributed by atoms with E-state index in [1.54, 1.807) is 4.68 Å². The fourth-order valence-electron chi connectivity index (χ4n) is 1.75. The standard InChI is InChI=1S/C12H18F3N3O/c1-8(6-16-11(19)5-12(13,14)15)7-18-10(3)4-9(2)17-18/h4,8H,5-7H2,1-3H3,(H,16,19)/t8-/m0/s1. The zero-order valence-corrected chi connectivity index (χ0v) is 11.2. The zero-order valence-electron chi connectivity index (χ0n) is 11.2. The van der Waals surface area contributed by atoms with Crippen LogP contribution in [0.15, 0.2) is 6.07 Å². The van der Waals surface area contributed by atoms with Crippen LogP contribution in [-0.2, 0) is 11.3 Å². The van der Waals surface area contributed by atoms with Gasteiger partial charge in [0, 0.05) is 18.8 Å². The normalized spacial score (nSPS) is 13.4. The molecule has 1 N–H and O–H groups in total. The monoisotopic (exact) mass is 277 g/mol. The maximum atomic E-state index is 12.0. The summed E-state index contributed by atoms with van der Waals surface area (Å²) >= 11 is 0. The number of halogens is 3. The second-order valence-corrected chi connectivity index (χ2v) is 4.81. The number of carbonyl (C=O) groups is 1. The van der Waals surface area contributed by atoms with Crippen LogP contribution in [0.2, 0.25) is 0 Å². The van der Waals surface area contributed by atoms with E-state index in [9.17, 15) is 18.0 Å². The van der Waals surface area contributed by atoms with Crippen molar-refractivity contribution in [1.82, 2.24) is 15.1 Å². The third kappa shape index (κ3) is 5.76. The average molecular weight is 277 g/mol. The average Bonchev–Trinajstić information content (AvgIpc) is 2.52. The van der Waals surface area contributed by atoms with Crippen LogP contribution in [0.25, 0.3) is 0 Å². The lowest BCUT2D eigenvalue weighted by atomic mass is 10.2. The van der Waals surface area contributed by atoms with Gasteiger partial charge >= 0.3 is 6.18 Å². The van der Waals surface area contributed by atoms with Crippen LogP contribution in [0, 0.1) is 19.8 Å². The molecule has 0 aliphatic rings. The summed E-state index contributed by atoms with van der Waals surface area (Å²) in [6, 6.07) is 1.93. The summed E-state index contributed by atoms with van der Waals surface area (Å²) in [5.74, 6) is -0.983. The van der Waals surface area contributed by atoms with Gasteiger partial charge in [0.25, 0.3) is 0 Å². The highest BCUT2D eigenvalue weighted by Crippen LogP contribution is 2.18. The molecule has 4 nitrogen and oxygen atoms in total. The molecule has 1 heterocycles. The number of hydrogen-bond donors (Lipinski definition) is 1. The number of carbonyl (C=O) groups excluding carboxylic acids is 1. The van der Waals surface area contributed by atoms with Crippen LogP contribution in [0.5, 0.6) is 0 Å². The number of nitrogens with zero attached hydrogens (tertiary/aromatic N) is 2. The minimum atomic E-state index is -4.46. The molecule has 19 heavy (non-hydrogen) atoms. The van der Waals surface area contributed by atoms with E-state index in [1.807, 2.05) is 26.8 Å². The van der Waals surface area contributed by atoms with Gasteiger partial charge in [0.15, 0.2) is 0 Å². The molecule has 0 aliphatic heterocycles. The Balaban J connectivity index is 2.38. The van der Waals surface area contributed by atoms with Gasteiger partial charge in [-0.1, -0.05) is 6.92 Å². The lowest BCUT2D eigenvalue weighted by Gasteiger charge is -2.14. The third-order valence-corrected chi connectivity index (χ3v) is 2.60. The SMILES string of the molecule is Cc1cc(C)n(C[C@@H](C)CNC(=O)CC(F)(F)F)n1. The summed E-state index contributed by atoms with van der Waals surface area (Å²) in [6.45, 7) is 6.40. The van der Waals surface area contributed by atoms with Crippen molar-refractivity contribution in [2.24, 2.45) is 5.92 Å². The van der Waals surface area contributed by atoms with E-state index in [2.05, 4.69) is 10.4 Å². The van der Waals surface area contributed by atoms with Crippen LogP contribution in [0.1, 0.15) is 24.7 Å². The molecular weight excluding hydrogens is 259 g/mol. The molecule has 0 fully saturated rings. The Morgan fingerprint density at radius 1 is 1.47 bits per heavy atom. The van der Waals surface area contributed by atoms with Crippen LogP contribution in [-0.4, -0.2) is 28.4 Å². The quantitative estimate of drug-likeness (QED) is 0.897. The largest absolute Gasteiger partial charge is 0.397 e. The van der Waals surface area contributed by atoms with Gasteiger partial charge in [0.2, 0.25) is 5.91 Å². The van der Waals surface area contributed by atoms with Crippen molar-refractivity contribution >= 4 is 5.91 Å². The van der Waals surface area contributed by atoms with Crippen molar-refractivity contribution in [1.29, 1.82) is 0 Å². The number of amides is 1. The molecule has 0 saturated carbocycles. The van der Waals surface area contributed by atoms with Gasteiger partial charge in [0.05, 0.1) is 5.69 Å². The summed E-state index contributed by atoms with van der Waals surface area (Å²) in [7, 11) is 0. The Bertz CT molecular complexity index is 440. The van der Waals surface area contributed by atoms with Crippen molar-refractivity contribution in [3.05, 3.63) is 17.5 Å². The first kappa shape index (κ1) is 15.5. The Labute approximate surface area is 110 Å².